The minimum atomic E-state index is -0.648. The Kier molecular flexibility index (Phi) is 8.52. The van der Waals surface area contributed by atoms with Crippen LogP contribution < -0.4 is 5.32 Å². The summed E-state index contributed by atoms with van der Waals surface area (Å²) in [5.41, 5.74) is 0.660. The van der Waals surface area contributed by atoms with Gasteiger partial charge in [0.05, 0.1) is 28.8 Å². The molecule has 0 fully saturated rings. The molecule has 30 heavy (non-hydrogen) atoms. The van der Waals surface area contributed by atoms with Crippen LogP contribution in [0.3, 0.4) is 0 Å². The van der Waals surface area contributed by atoms with Crippen LogP contribution in [-0.4, -0.2) is 36.2 Å². The van der Waals surface area contributed by atoms with Gasteiger partial charge >= 0.3 is 11.9 Å². The van der Waals surface area contributed by atoms with Crippen LogP contribution in [0.2, 0.25) is 10.0 Å². The number of phenols is 1. The van der Waals surface area contributed by atoms with Gasteiger partial charge in [-0.3, -0.25) is 4.79 Å². The number of amides is 1. The number of anilines is 1. The molecular weight excluding hydrogens is 453 g/mol. The van der Waals surface area contributed by atoms with Gasteiger partial charge < -0.3 is 19.9 Å². The average Bonchev–Trinajstić information content (AvgIpc) is 3.04. The third kappa shape index (κ3) is 5.24. The van der Waals surface area contributed by atoms with Crippen LogP contribution in [0.1, 0.15) is 63.1 Å². The number of carbonyl (C=O) groups excluding carboxylic acids is 3. The highest BCUT2D eigenvalue weighted by molar-refractivity contribution is 7.18. The van der Waals surface area contributed by atoms with E-state index in [0.717, 1.165) is 11.3 Å². The monoisotopic (exact) mass is 473 g/mol. The minimum Gasteiger partial charge on any atom is -0.505 e. The number of hydrogen-bond donors (Lipinski definition) is 2. The van der Waals surface area contributed by atoms with Crippen molar-refractivity contribution in [1.82, 2.24) is 0 Å². The highest BCUT2D eigenvalue weighted by Crippen LogP contribution is 2.37. The summed E-state index contributed by atoms with van der Waals surface area (Å²) >= 11 is 12.7. The van der Waals surface area contributed by atoms with Crippen LogP contribution in [-0.2, 0) is 15.9 Å². The lowest BCUT2D eigenvalue weighted by atomic mass is 10.0. The summed E-state index contributed by atoms with van der Waals surface area (Å²) in [6.45, 7) is 5.54. The molecule has 162 valence electrons. The summed E-state index contributed by atoms with van der Waals surface area (Å²) in [4.78, 5) is 38.1. The first-order valence-electron chi connectivity index (χ1n) is 9.24. The Balaban J connectivity index is 2.54. The molecular formula is C20H21Cl2NO6S. The molecule has 0 bridgehead atoms. The van der Waals surface area contributed by atoms with Crippen molar-refractivity contribution in [1.29, 1.82) is 0 Å². The van der Waals surface area contributed by atoms with Gasteiger partial charge in [0, 0.05) is 5.56 Å². The van der Waals surface area contributed by atoms with Crippen molar-refractivity contribution >= 4 is 57.4 Å². The second-order valence-corrected chi connectivity index (χ2v) is 7.88. The van der Waals surface area contributed by atoms with Gasteiger partial charge in [0.15, 0.2) is 5.75 Å². The number of benzene rings is 1. The van der Waals surface area contributed by atoms with Gasteiger partial charge in [-0.05, 0) is 38.0 Å². The Morgan fingerprint density at radius 1 is 1.03 bits per heavy atom. The van der Waals surface area contributed by atoms with Gasteiger partial charge in [-0.25, -0.2) is 9.59 Å². The number of nitrogens with one attached hydrogen (secondary N) is 1. The van der Waals surface area contributed by atoms with Crippen molar-refractivity contribution in [2.24, 2.45) is 0 Å². The molecule has 0 spiro atoms. The van der Waals surface area contributed by atoms with E-state index in [0.29, 0.717) is 18.4 Å². The van der Waals surface area contributed by atoms with E-state index < -0.39 is 17.8 Å². The van der Waals surface area contributed by atoms with E-state index >= 15 is 0 Å². The van der Waals surface area contributed by atoms with E-state index in [1.807, 2.05) is 6.92 Å². The first-order chi connectivity index (χ1) is 14.2. The van der Waals surface area contributed by atoms with Gasteiger partial charge in [0.1, 0.15) is 9.88 Å². The molecule has 0 aliphatic carbocycles. The third-order valence-corrected chi connectivity index (χ3v) is 5.66. The molecule has 0 saturated carbocycles. The second-order valence-electron chi connectivity index (χ2n) is 6.05. The SMILES string of the molecule is CCCc1c(C(=O)OCC)sc(NC(=O)c2cc(Cl)c(O)c(Cl)c2)c1C(=O)OCC. The van der Waals surface area contributed by atoms with Crippen LogP contribution in [0.15, 0.2) is 12.1 Å². The number of thiophene rings is 1. The van der Waals surface area contributed by atoms with E-state index in [1.165, 1.54) is 12.1 Å². The van der Waals surface area contributed by atoms with Crippen molar-refractivity contribution in [2.45, 2.75) is 33.6 Å². The van der Waals surface area contributed by atoms with E-state index in [-0.39, 0.29) is 50.0 Å². The molecule has 0 radical (unpaired) electrons. The van der Waals surface area contributed by atoms with Crippen molar-refractivity contribution < 1.29 is 29.0 Å². The number of carbonyl (C=O) groups is 3. The summed E-state index contributed by atoms with van der Waals surface area (Å²) in [5.74, 6) is -2.19. The lowest BCUT2D eigenvalue weighted by molar-refractivity contribution is 0.0527. The van der Waals surface area contributed by atoms with Crippen molar-refractivity contribution in [3.05, 3.63) is 43.7 Å². The van der Waals surface area contributed by atoms with Crippen molar-refractivity contribution in [3.8, 4) is 5.75 Å². The van der Waals surface area contributed by atoms with Crippen LogP contribution in [0.25, 0.3) is 0 Å². The van der Waals surface area contributed by atoms with Gasteiger partial charge in [-0.1, -0.05) is 36.5 Å². The van der Waals surface area contributed by atoms with Gasteiger partial charge in [0.2, 0.25) is 0 Å². The zero-order chi connectivity index (χ0) is 22.4. The fourth-order valence-corrected chi connectivity index (χ4v) is 4.31. The van der Waals surface area contributed by atoms with Crippen LogP contribution in [0, 0.1) is 0 Å². The molecule has 2 rings (SSSR count). The number of rotatable bonds is 8. The van der Waals surface area contributed by atoms with Crippen molar-refractivity contribution in [3.63, 3.8) is 0 Å². The maximum absolute atomic E-state index is 12.8. The molecule has 7 nitrogen and oxygen atoms in total. The number of halogens is 2. The molecule has 1 amide bonds. The van der Waals surface area contributed by atoms with Gasteiger partial charge in [-0.2, -0.15) is 0 Å². The molecule has 0 aliphatic rings. The first kappa shape index (κ1) is 24.0. The Bertz CT molecular complexity index is 949. The third-order valence-electron chi connectivity index (χ3n) is 3.95. The molecule has 0 saturated heterocycles. The minimum absolute atomic E-state index is 0.0701. The van der Waals surface area contributed by atoms with E-state index in [9.17, 15) is 19.5 Å². The van der Waals surface area contributed by atoms with Crippen LogP contribution in [0.4, 0.5) is 5.00 Å². The maximum Gasteiger partial charge on any atom is 0.348 e. The lowest BCUT2D eigenvalue weighted by Gasteiger charge is -2.09. The molecule has 0 aliphatic heterocycles. The molecule has 2 N–H and O–H groups in total. The van der Waals surface area contributed by atoms with Gasteiger partial charge in [0.25, 0.3) is 5.91 Å². The number of esters is 2. The summed E-state index contributed by atoms with van der Waals surface area (Å²) in [6, 6.07) is 2.49. The predicted octanol–water partition coefficient (Wildman–Crippen LogP) is 5.32. The number of aromatic hydroxyl groups is 1. The Morgan fingerprint density at radius 3 is 2.13 bits per heavy atom. The predicted molar refractivity (Wildman–Crippen MR) is 116 cm³/mol. The van der Waals surface area contributed by atoms with Crippen LogP contribution >= 0.6 is 34.5 Å². The number of hydrogen-bond acceptors (Lipinski definition) is 7. The summed E-state index contributed by atoms with van der Waals surface area (Å²) in [6.07, 6.45) is 1.08. The second kappa shape index (κ2) is 10.7. The quantitative estimate of drug-likeness (QED) is 0.503. The van der Waals surface area contributed by atoms with Crippen LogP contribution in [0.5, 0.6) is 5.75 Å². The summed E-state index contributed by atoms with van der Waals surface area (Å²) in [5, 5.41) is 12.3. The highest BCUT2D eigenvalue weighted by Gasteiger charge is 2.29. The van der Waals surface area contributed by atoms with Gasteiger partial charge in [-0.15, -0.1) is 11.3 Å². The van der Waals surface area contributed by atoms with E-state index in [2.05, 4.69) is 5.32 Å². The molecule has 1 aromatic carbocycles. The fourth-order valence-electron chi connectivity index (χ4n) is 2.69. The Morgan fingerprint density at radius 2 is 1.60 bits per heavy atom. The smallest absolute Gasteiger partial charge is 0.348 e. The lowest BCUT2D eigenvalue weighted by Crippen LogP contribution is -2.15. The molecule has 0 unspecified atom stereocenters. The fraction of sp³-hybridized carbons (Fsp3) is 0.350. The molecule has 1 heterocycles. The van der Waals surface area contributed by atoms with E-state index in [4.69, 9.17) is 32.7 Å². The standard InChI is InChI=1S/C20H21Cl2NO6S/c1-4-7-11-14(19(26)28-5-2)18(30-16(11)20(27)29-6-3)23-17(25)10-8-12(21)15(24)13(22)9-10/h8-9,24H,4-7H2,1-3H3,(H,23,25). The molecule has 10 heteroatoms. The zero-order valence-corrected chi connectivity index (χ0v) is 19.0. The topological polar surface area (TPSA) is 102 Å². The number of ether oxygens (including phenoxy) is 2. The molecule has 1 aromatic heterocycles. The first-order valence-corrected chi connectivity index (χ1v) is 10.8. The molecule has 0 atom stereocenters. The molecule has 2 aromatic rings. The Labute approximate surface area is 187 Å². The maximum atomic E-state index is 12.8. The zero-order valence-electron chi connectivity index (χ0n) is 16.6. The summed E-state index contributed by atoms with van der Waals surface area (Å²) < 4.78 is 10.2. The Hall–Kier alpha value is -2.29. The number of phenolic OH excluding ortho intramolecular Hbond substituents is 1. The highest BCUT2D eigenvalue weighted by atomic mass is 35.5. The average molecular weight is 474 g/mol. The summed E-state index contributed by atoms with van der Waals surface area (Å²) in [7, 11) is 0. The van der Waals surface area contributed by atoms with Crippen molar-refractivity contribution in [2.75, 3.05) is 18.5 Å². The van der Waals surface area contributed by atoms with E-state index in [1.54, 1.807) is 13.8 Å². The largest absolute Gasteiger partial charge is 0.505 e. The normalized spacial score (nSPS) is 10.6.